The molecule has 0 unspecified atom stereocenters. The summed E-state index contributed by atoms with van der Waals surface area (Å²) in [7, 11) is 0. The molecular weight excluding hydrogens is 674 g/mol. The van der Waals surface area contributed by atoms with Crippen LogP contribution in [-0.2, 0) is 6.42 Å². The Hall–Kier alpha value is -7.44. The fourth-order valence-electron chi connectivity index (χ4n) is 4.66. The second kappa shape index (κ2) is 14.4. The summed E-state index contributed by atoms with van der Waals surface area (Å²) < 4.78 is 36.9. The van der Waals surface area contributed by atoms with Crippen molar-refractivity contribution in [3.8, 4) is 22.8 Å². The minimum atomic E-state index is -1.55. The van der Waals surface area contributed by atoms with Crippen LogP contribution in [0.15, 0.2) is 79.6 Å². The number of carbonyl (C=O) groups excluding carboxylic acids is 2. The third-order valence-corrected chi connectivity index (χ3v) is 7.19. The summed E-state index contributed by atoms with van der Waals surface area (Å²) in [5.41, 5.74) is -1.12. The molecule has 2 amide bonds. The summed E-state index contributed by atoms with van der Waals surface area (Å²) in [5.74, 6) is -6.91. The fraction of sp³-hybridized carbons (Fsp3) is 0.0625. The lowest BCUT2D eigenvalue weighted by Crippen LogP contribution is -2.18. The first-order valence-electron chi connectivity index (χ1n) is 14.6. The van der Waals surface area contributed by atoms with Crippen molar-refractivity contribution in [2.24, 2.45) is 0 Å². The molecule has 17 nitrogen and oxygen atoms in total. The van der Waals surface area contributed by atoms with Gasteiger partial charge in [0.25, 0.3) is 11.8 Å². The Morgan fingerprint density at radius 1 is 0.824 bits per heavy atom. The fourth-order valence-corrected chi connectivity index (χ4v) is 4.66. The minimum Gasteiger partial charge on any atom is -0.490 e. The van der Waals surface area contributed by atoms with Crippen molar-refractivity contribution in [3.05, 3.63) is 119 Å². The molecule has 0 aliphatic rings. The number of amides is 2. The number of halogens is 2. The van der Waals surface area contributed by atoms with E-state index in [0.29, 0.717) is 29.2 Å². The average Bonchev–Trinajstić information content (AvgIpc) is 3.86. The molecule has 0 aliphatic heterocycles. The monoisotopic (exact) mass is 696 g/mol. The first kappa shape index (κ1) is 33.5. The van der Waals surface area contributed by atoms with Gasteiger partial charge in [0.1, 0.15) is 12.1 Å². The molecule has 6 rings (SSSR count). The molecule has 6 aromatic rings. The predicted molar refractivity (Wildman–Crippen MR) is 171 cm³/mol. The topological polar surface area (TPSA) is 240 Å². The zero-order valence-electron chi connectivity index (χ0n) is 25.7. The molecule has 0 aliphatic carbocycles. The molecule has 4 aromatic heterocycles. The van der Waals surface area contributed by atoms with Crippen LogP contribution in [0.3, 0.4) is 0 Å². The minimum absolute atomic E-state index is 0.106. The van der Waals surface area contributed by atoms with E-state index in [1.165, 1.54) is 43.0 Å². The number of rotatable bonds is 12. The van der Waals surface area contributed by atoms with Crippen LogP contribution in [0.1, 0.15) is 47.3 Å². The van der Waals surface area contributed by atoms with Gasteiger partial charge >= 0.3 is 11.9 Å². The number of aromatic carboxylic acids is 2. The number of benzene rings is 2. The maximum atomic E-state index is 15.0. The van der Waals surface area contributed by atoms with E-state index in [4.69, 9.17) is 4.74 Å². The highest BCUT2D eigenvalue weighted by Gasteiger charge is 2.21. The van der Waals surface area contributed by atoms with Gasteiger partial charge in [-0.2, -0.15) is 5.10 Å². The van der Waals surface area contributed by atoms with Crippen molar-refractivity contribution in [3.63, 3.8) is 0 Å². The molecule has 2 aromatic carbocycles. The molecule has 0 fully saturated rings. The van der Waals surface area contributed by atoms with Crippen LogP contribution in [0.25, 0.3) is 17.1 Å². The van der Waals surface area contributed by atoms with Crippen molar-refractivity contribution >= 4 is 35.1 Å². The van der Waals surface area contributed by atoms with Crippen LogP contribution < -0.4 is 15.4 Å². The number of aromatic nitrogens is 8. The number of hydrogen-bond acceptors (Lipinski definition) is 11. The van der Waals surface area contributed by atoms with Gasteiger partial charge < -0.3 is 25.6 Å². The van der Waals surface area contributed by atoms with Gasteiger partial charge in [0, 0.05) is 36.6 Å². The van der Waals surface area contributed by atoms with Crippen LogP contribution >= 0.6 is 0 Å². The number of aromatic amines is 1. The van der Waals surface area contributed by atoms with Crippen LogP contribution in [0.2, 0.25) is 0 Å². The Morgan fingerprint density at radius 2 is 1.49 bits per heavy atom. The van der Waals surface area contributed by atoms with Gasteiger partial charge in [0.05, 0.1) is 41.0 Å². The third-order valence-electron chi connectivity index (χ3n) is 7.19. The van der Waals surface area contributed by atoms with E-state index >= 15 is 0 Å². The quantitative estimate of drug-likeness (QED) is 0.123. The van der Waals surface area contributed by atoms with E-state index in [1.807, 2.05) is 0 Å². The normalized spacial score (nSPS) is 10.8. The van der Waals surface area contributed by atoms with Crippen LogP contribution in [0.4, 0.5) is 20.2 Å². The first-order valence-corrected chi connectivity index (χ1v) is 14.6. The molecule has 51 heavy (non-hydrogen) atoms. The molecule has 0 bridgehead atoms. The molecule has 256 valence electrons. The van der Waals surface area contributed by atoms with Gasteiger partial charge in [0.15, 0.2) is 28.8 Å². The molecule has 0 atom stereocenters. The van der Waals surface area contributed by atoms with Crippen molar-refractivity contribution in [1.29, 1.82) is 0 Å². The standard InChI is InChI=1S/C32H22F2N10O7/c33-20-10-18(31(47)48)25(38-29(45)23-2-1-22(40-41-23)17-13-36-37-14-17)9-16(20)5-8-51-27-12-26(19(32(49)50)11-21(27)34)39-30(46)24-3-4-28(43-42-24)44-7-6-35-15-44/h1-4,6-7,9-15H,5,8H2,(H,36,37)(H,38,45)(H,39,46)(H,47,48)(H,49,50). The molecule has 0 radical (unpaired) electrons. The maximum absolute atomic E-state index is 15.0. The molecule has 0 saturated carbocycles. The number of carboxylic acid groups (broad SMARTS) is 2. The Labute approximate surface area is 284 Å². The maximum Gasteiger partial charge on any atom is 0.337 e. The molecule has 0 spiro atoms. The second-order valence-corrected chi connectivity index (χ2v) is 10.5. The summed E-state index contributed by atoms with van der Waals surface area (Å²) >= 11 is 0. The first-order chi connectivity index (χ1) is 24.6. The number of ether oxygens (including phenoxy) is 1. The van der Waals surface area contributed by atoms with E-state index in [1.54, 1.807) is 17.0 Å². The molecule has 4 heterocycles. The average molecular weight is 697 g/mol. The van der Waals surface area contributed by atoms with E-state index in [2.05, 4.69) is 46.2 Å². The van der Waals surface area contributed by atoms with Crippen molar-refractivity contribution in [1.82, 2.24) is 40.1 Å². The highest BCUT2D eigenvalue weighted by atomic mass is 19.1. The molecule has 19 heteroatoms. The smallest absolute Gasteiger partial charge is 0.337 e. The van der Waals surface area contributed by atoms with Gasteiger partial charge in [-0.15, -0.1) is 20.4 Å². The third kappa shape index (κ3) is 7.51. The van der Waals surface area contributed by atoms with Crippen LogP contribution in [-0.4, -0.2) is 80.7 Å². The van der Waals surface area contributed by atoms with E-state index in [0.717, 1.165) is 12.1 Å². The lowest BCUT2D eigenvalue weighted by molar-refractivity contribution is 0.0686. The number of nitrogens with one attached hydrogen (secondary N) is 3. The van der Waals surface area contributed by atoms with E-state index in [-0.39, 0.29) is 34.7 Å². The molecule has 5 N–H and O–H groups in total. The van der Waals surface area contributed by atoms with Crippen molar-refractivity contribution < 1.29 is 42.9 Å². The highest BCUT2D eigenvalue weighted by molar-refractivity contribution is 6.07. The Kier molecular flexibility index (Phi) is 9.42. The zero-order chi connectivity index (χ0) is 36.1. The van der Waals surface area contributed by atoms with Gasteiger partial charge in [-0.05, 0) is 48.0 Å². The van der Waals surface area contributed by atoms with Crippen molar-refractivity contribution in [2.75, 3.05) is 17.2 Å². The summed E-state index contributed by atoms with van der Waals surface area (Å²) in [5, 5.41) is 46.0. The van der Waals surface area contributed by atoms with E-state index in [9.17, 15) is 38.2 Å². The summed E-state index contributed by atoms with van der Waals surface area (Å²) in [6, 6.07) is 9.06. The van der Waals surface area contributed by atoms with Gasteiger partial charge in [-0.1, -0.05) is 0 Å². The van der Waals surface area contributed by atoms with Gasteiger partial charge in [0.2, 0.25) is 0 Å². The van der Waals surface area contributed by atoms with Gasteiger partial charge in [-0.25, -0.2) is 23.4 Å². The molecular formula is C32H22F2N10O7. The van der Waals surface area contributed by atoms with Crippen LogP contribution in [0.5, 0.6) is 5.75 Å². The summed E-state index contributed by atoms with van der Waals surface area (Å²) in [6.07, 6.45) is 7.43. The number of carbonyl (C=O) groups is 4. The van der Waals surface area contributed by atoms with E-state index < -0.39 is 58.9 Å². The zero-order valence-corrected chi connectivity index (χ0v) is 25.7. The number of H-pyrrole nitrogens is 1. The summed E-state index contributed by atoms with van der Waals surface area (Å²) in [4.78, 5) is 53.3. The SMILES string of the molecule is O=C(Nc1cc(CCOc2cc(NC(=O)c3ccc(-n4ccnc4)nn3)c(C(=O)O)cc2F)c(F)cc1C(=O)O)c1ccc(-c2cn[nH]c2)nn1. The lowest BCUT2D eigenvalue weighted by atomic mass is 10.1. The van der Waals surface area contributed by atoms with Crippen molar-refractivity contribution in [2.45, 2.75) is 6.42 Å². The number of hydrogen-bond donors (Lipinski definition) is 5. The second-order valence-electron chi connectivity index (χ2n) is 10.5. The Bertz CT molecular complexity index is 2090. The number of nitrogens with zero attached hydrogens (tertiary/aromatic N) is 7. The lowest BCUT2D eigenvalue weighted by Gasteiger charge is -2.14. The predicted octanol–water partition coefficient (Wildman–Crippen LogP) is 3.64. The summed E-state index contributed by atoms with van der Waals surface area (Å²) in [6.45, 7) is -0.393. The number of anilines is 2. The van der Waals surface area contributed by atoms with Crippen LogP contribution in [0, 0.1) is 11.6 Å². The highest BCUT2D eigenvalue weighted by Crippen LogP contribution is 2.28. The van der Waals surface area contributed by atoms with Gasteiger partial charge in [-0.3, -0.25) is 19.3 Å². The Morgan fingerprint density at radius 3 is 2.06 bits per heavy atom. The number of carboxylic acids is 2. The Balaban J connectivity index is 1.16. The largest absolute Gasteiger partial charge is 0.490 e. The number of imidazole rings is 1. The molecule has 0 saturated heterocycles.